The molecule has 0 aliphatic heterocycles. The molecule has 1 aromatic heterocycles. The highest BCUT2D eigenvalue weighted by Gasteiger charge is 2.06. The van der Waals surface area contributed by atoms with Crippen molar-refractivity contribution < 1.29 is 4.39 Å². The van der Waals surface area contributed by atoms with E-state index in [0.29, 0.717) is 11.5 Å². The van der Waals surface area contributed by atoms with Crippen molar-refractivity contribution in [3.63, 3.8) is 0 Å². The summed E-state index contributed by atoms with van der Waals surface area (Å²) in [6.45, 7) is 3.35. The van der Waals surface area contributed by atoms with Crippen molar-refractivity contribution in [3.05, 3.63) is 71.4 Å². The Morgan fingerprint density at radius 3 is 2.46 bits per heavy atom. The summed E-state index contributed by atoms with van der Waals surface area (Å²) in [5.41, 5.74) is 4.26. The van der Waals surface area contributed by atoms with Gasteiger partial charge < -0.3 is 10.6 Å². The number of hydrogen-bond acceptors (Lipinski definition) is 4. The molecule has 0 spiro atoms. The summed E-state index contributed by atoms with van der Waals surface area (Å²) in [7, 11) is 0. The molecule has 122 valence electrons. The van der Waals surface area contributed by atoms with Crippen LogP contribution in [0.1, 0.15) is 16.7 Å². The van der Waals surface area contributed by atoms with Crippen molar-refractivity contribution in [1.82, 2.24) is 9.97 Å². The predicted octanol–water partition coefficient (Wildman–Crippen LogP) is 5.05. The maximum Gasteiger partial charge on any atom is 0.229 e. The lowest BCUT2D eigenvalue weighted by Gasteiger charge is -2.12. The van der Waals surface area contributed by atoms with E-state index in [4.69, 9.17) is 0 Å². The summed E-state index contributed by atoms with van der Waals surface area (Å²) >= 11 is 0. The fourth-order valence-electron chi connectivity index (χ4n) is 2.31. The summed E-state index contributed by atoms with van der Waals surface area (Å²) in [5, 5.41) is 6.41. The smallest absolute Gasteiger partial charge is 0.229 e. The van der Waals surface area contributed by atoms with Gasteiger partial charge in [0.25, 0.3) is 0 Å². The fraction of sp³-hybridized carbons (Fsp3) is 0.158. The molecule has 2 aromatic carbocycles. The SMILES string of the molecule is Cc1ccc(Nc2ncc(C)c(Nc3ccccc3)n2)cc1CF. The van der Waals surface area contributed by atoms with Gasteiger partial charge >= 0.3 is 0 Å². The Bertz CT molecular complexity index is 834. The van der Waals surface area contributed by atoms with Crippen LogP contribution in [0.4, 0.5) is 27.5 Å². The number of rotatable bonds is 5. The minimum atomic E-state index is -0.489. The van der Waals surface area contributed by atoms with Crippen LogP contribution in [0.25, 0.3) is 0 Å². The highest BCUT2D eigenvalue weighted by molar-refractivity contribution is 5.62. The van der Waals surface area contributed by atoms with E-state index in [2.05, 4.69) is 20.6 Å². The molecule has 0 fully saturated rings. The van der Waals surface area contributed by atoms with Gasteiger partial charge in [0.1, 0.15) is 12.5 Å². The number of benzene rings is 2. The van der Waals surface area contributed by atoms with Crippen LogP contribution in [-0.4, -0.2) is 9.97 Å². The number of alkyl halides is 1. The molecule has 0 radical (unpaired) electrons. The van der Waals surface area contributed by atoms with Gasteiger partial charge in [-0.15, -0.1) is 0 Å². The van der Waals surface area contributed by atoms with Crippen LogP contribution in [0.5, 0.6) is 0 Å². The van der Waals surface area contributed by atoms with Crippen LogP contribution in [0.2, 0.25) is 0 Å². The van der Waals surface area contributed by atoms with E-state index in [1.165, 1.54) is 0 Å². The average Bonchev–Trinajstić information content (AvgIpc) is 2.60. The third-order valence-corrected chi connectivity index (χ3v) is 3.76. The van der Waals surface area contributed by atoms with Gasteiger partial charge in [0.15, 0.2) is 0 Å². The Morgan fingerprint density at radius 2 is 1.71 bits per heavy atom. The summed E-state index contributed by atoms with van der Waals surface area (Å²) in [4.78, 5) is 8.81. The van der Waals surface area contributed by atoms with Crippen LogP contribution in [0.3, 0.4) is 0 Å². The van der Waals surface area contributed by atoms with E-state index in [9.17, 15) is 4.39 Å². The van der Waals surface area contributed by atoms with Crippen molar-refractivity contribution in [2.75, 3.05) is 10.6 Å². The third-order valence-electron chi connectivity index (χ3n) is 3.76. The minimum Gasteiger partial charge on any atom is -0.340 e. The summed E-state index contributed by atoms with van der Waals surface area (Å²) in [6.07, 6.45) is 1.75. The molecule has 5 heteroatoms. The van der Waals surface area contributed by atoms with E-state index in [1.54, 1.807) is 12.3 Å². The maximum absolute atomic E-state index is 13.0. The molecule has 0 atom stereocenters. The molecule has 1 heterocycles. The first-order chi connectivity index (χ1) is 11.7. The van der Waals surface area contributed by atoms with Crippen molar-refractivity contribution >= 4 is 23.1 Å². The molecule has 0 amide bonds. The standard InChI is InChI=1S/C19H19FN4/c1-13-8-9-17(10-15(13)11-20)23-19-21-12-14(2)18(24-19)22-16-6-4-3-5-7-16/h3-10,12H,11H2,1-2H3,(H2,21,22,23,24). The van der Waals surface area contributed by atoms with E-state index >= 15 is 0 Å². The summed E-state index contributed by atoms with van der Waals surface area (Å²) in [5.74, 6) is 1.20. The molecule has 2 N–H and O–H groups in total. The van der Waals surface area contributed by atoms with Crippen molar-refractivity contribution in [2.24, 2.45) is 0 Å². The van der Waals surface area contributed by atoms with Gasteiger partial charge in [0, 0.05) is 23.1 Å². The van der Waals surface area contributed by atoms with Gasteiger partial charge in [-0.1, -0.05) is 24.3 Å². The molecular weight excluding hydrogens is 303 g/mol. The van der Waals surface area contributed by atoms with E-state index in [1.807, 2.05) is 56.3 Å². The molecule has 0 aliphatic carbocycles. The molecule has 0 aliphatic rings. The number of hydrogen-bond donors (Lipinski definition) is 2. The predicted molar refractivity (Wildman–Crippen MR) is 95.8 cm³/mol. The van der Waals surface area contributed by atoms with Crippen LogP contribution < -0.4 is 10.6 Å². The average molecular weight is 322 g/mol. The van der Waals surface area contributed by atoms with Crippen LogP contribution >= 0.6 is 0 Å². The lowest BCUT2D eigenvalue weighted by molar-refractivity contribution is 0.484. The summed E-state index contributed by atoms with van der Waals surface area (Å²) in [6, 6.07) is 15.4. The fourth-order valence-corrected chi connectivity index (χ4v) is 2.31. The quantitative estimate of drug-likeness (QED) is 0.690. The highest BCUT2D eigenvalue weighted by atomic mass is 19.1. The number of halogens is 1. The third kappa shape index (κ3) is 3.68. The molecule has 0 bridgehead atoms. The second kappa shape index (κ2) is 7.08. The molecule has 0 saturated carbocycles. The number of aryl methyl sites for hydroxylation is 2. The normalized spacial score (nSPS) is 10.5. The molecule has 3 rings (SSSR count). The number of nitrogens with zero attached hydrogens (tertiary/aromatic N) is 2. The van der Waals surface area contributed by atoms with Crippen LogP contribution in [0.15, 0.2) is 54.7 Å². The highest BCUT2D eigenvalue weighted by Crippen LogP contribution is 2.22. The first-order valence-electron chi connectivity index (χ1n) is 7.74. The van der Waals surface area contributed by atoms with E-state index in [-0.39, 0.29) is 0 Å². The largest absolute Gasteiger partial charge is 0.340 e. The zero-order chi connectivity index (χ0) is 16.9. The van der Waals surface area contributed by atoms with Gasteiger partial charge in [0.2, 0.25) is 5.95 Å². The second-order valence-electron chi connectivity index (χ2n) is 5.62. The Hall–Kier alpha value is -2.95. The van der Waals surface area contributed by atoms with E-state index < -0.39 is 6.67 Å². The van der Waals surface area contributed by atoms with Gasteiger partial charge in [-0.05, 0) is 49.2 Å². The van der Waals surface area contributed by atoms with Gasteiger partial charge in [-0.2, -0.15) is 4.98 Å². The Labute approximate surface area is 140 Å². The lowest BCUT2D eigenvalue weighted by Crippen LogP contribution is -2.03. The molecule has 24 heavy (non-hydrogen) atoms. The van der Waals surface area contributed by atoms with Crippen molar-refractivity contribution in [1.29, 1.82) is 0 Å². The van der Waals surface area contributed by atoms with Gasteiger partial charge in [-0.25, -0.2) is 9.37 Å². The lowest BCUT2D eigenvalue weighted by atomic mass is 10.1. The van der Waals surface area contributed by atoms with E-state index in [0.717, 1.165) is 28.3 Å². The van der Waals surface area contributed by atoms with Crippen molar-refractivity contribution in [3.8, 4) is 0 Å². The second-order valence-corrected chi connectivity index (χ2v) is 5.62. The van der Waals surface area contributed by atoms with Crippen LogP contribution in [-0.2, 0) is 6.67 Å². The Kier molecular flexibility index (Phi) is 4.70. The number of para-hydroxylation sites is 1. The monoisotopic (exact) mass is 322 g/mol. The zero-order valence-corrected chi connectivity index (χ0v) is 13.7. The molecule has 4 nitrogen and oxygen atoms in total. The molecular formula is C19H19FN4. The molecule has 0 unspecified atom stereocenters. The van der Waals surface area contributed by atoms with Gasteiger partial charge in [-0.3, -0.25) is 0 Å². The molecule has 0 saturated heterocycles. The van der Waals surface area contributed by atoms with Gasteiger partial charge in [0.05, 0.1) is 0 Å². The number of aromatic nitrogens is 2. The zero-order valence-electron chi connectivity index (χ0n) is 13.7. The molecule has 3 aromatic rings. The minimum absolute atomic E-state index is 0.465. The first kappa shape index (κ1) is 15.9. The first-order valence-corrected chi connectivity index (χ1v) is 7.74. The van der Waals surface area contributed by atoms with Crippen molar-refractivity contribution in [2.45, 2.75) is 20.5 Å². The summed E-state index contributed by atoms with van der Waals surface area (Å²) < 4.78 is 13.0. The number of anilines is 4. The number of nitrogens with one attached hydrogen (secondary N) is 2. The maximum atomic E-state index is 13.0. The Balaban J connectivity index is 1.83. The Morgan fingerprint density at radius 1 is 0.917 bits per heavy atom. The van der Waals surface area contributed by atoms with Crippen LogP contribution in [0, 0.1) is 13.8 Å². The topological polar surface area (TPSA) is 49.8 Å².